The number of rotatable bonds is 4. The Hall–Kier alpha value is -3.34. The zero-order valence-electron chi connectivity index (χ0n) is 13.8. The molecular weight excluding hydrogens is 333 g/mol. The number of halogens is 1. The van der Waals surface area contributed by atoms with Gasteiger partial charge in [-0.1, -0.05) is 42.5 Å². The van der Waals surface area contributed by atoms with Gasteiger partial charge in [-0.15, -0.1) is 0 Å². The Bertz CT molecular complexity index is 947. The maximum absolute atomic E-state index is 13.4. The Morgan fingerprint density at radius 2 is 1.73 bits per heavy atom. The fourth-order valence-electron chi connectivity index (χ4n) is 3.29. The molecule has 26 heavy (non-hydrogen) atoms. The molecule has 0 spiro atoms. The third-order valence-electron chi connectivity index (χ3n) is 4.48. The summed E-state index contributed by atoms with van der Waals surface area (Å²) in [7, 11) is 0. The van der Waals surface area contributed by atoms with E-state index in [1.165, 1.54) is 23.3 Å². The lowest BCUT2D eigenvalue weighted by Crippen LogP contribution is -2.29. The summed E-state index contributed by atoms with van der Waals surface area (Å²) in [5.41, 5.74) is 1.97. The Morgan fingerprint density at radius 1 is 1.00 bits per heavy atom. The molecule has 1 aliphatic rings. The molecule has 3 aromatic rings. The van der Waals surface area contributed by atoms with Gasteiger partial charge in [0.05, 0.1) is 18.8 Å². The molecule has 130 valence electrons. The van der Waals surface area contributed by atoms with Crippen molar-refractivity contribution in [2.75, 3.05) is 0 Å². The molecule has 0 unspecified atom stereocenters. The first-order chi connectivity index (χ1) is 12.6. The Balaban J connectivity index is 1.82. The van der Waals surface area contributed by atoms with Gasteiger partial charge < -0.3 is 14.4 Å². The molecule has 2 aromatic carbocycles. The summed E-state index contributed by atoms with van der Waals surface area (Å²) in [5, 5.41) is 10.6. The second kappa shape index (κ2) is 6.52. The number of amides is 1. The molecule has 1 N–H and O–H groups in total. The van der Waals surface area contributed by atoms with E-state index in [1.807, 2.05) is 30.3 Å². The standard InChI is InChI=1S/C21H16FNO3/c22-16-10-8-15(9-11-16)19-18(14-5-2-1-3-6-14)20(24)21(25)23(19)13-17-7-4-12-26-17/h1-12,19,24H,13H2/t19-/m0/s1. The van der Waals surface area contributed by atoms with E-state index in [4.69, 9.17) is 4.42 Å². The van der Waals surface area contributed by atoms with Gasteiger partial charge in [-0.3, -0.25) is 4.79 Å². The van der Waals surface area contributed by atoms with E-state index >= 15 is 0 Å². The van der Waals surface area contributed by atoms with Crippen LogP contribution in [0.4, 0.5) is 4.39 Å². The molecule has 4 nitrogen and oxygen atoms in total. The fourth-order valence-corrected chi connectivity index (χ4v) is 3.29. The van der Waals surface area contributed by atoms with Crippen LogP contribution in [-0.2, 0) is 11.3 Å². The second-order valence-corrected chi connectivity index (χ2v) is 6.09. The summed E-state index contributed by atoms with van der Waals surface area (Å²) >= 11 is 0. The van der Waals surface area contributed by atoms with Gasteiger partial charge in [-0.2, -0.15) is 0 Å². The number of carbonyl (C=O) groups excluding carboxylic acids is 1. The lowest BCUT2D eigenvalue weighted by Gasteiger charge is -2.26. The van der Waals surface area contributed by atoms with E-state index < -0.39 is 11.9 Å². The summed E-state index contributed by atoms with van der Waals surface area (Å²) in [5.74, 6) is -0.524. The van der Waals surface area contributed by atoms with Crippen LogP contribution in [0, 0.1) is 5.82 Å². The molecule has 1 aromatic heterocycles. The van der Waals surface area contributed by atoms with Crippen molar-refractivity contribution >= 4 is 11.5 Å². The van der Waals surface area contributed by atoms with Crippen LogP contribution in [0.1, 0.15) is 22.9 Å². The smallest absolute Gasteiger partial charge is 0.290 e. The van der Waals surface area contributed by atoms with Gasteiger partial charge in [0.2, 0.25) is 0 Å². The number of furan rings is 1. The van der Waals surface area contributed by atoms with Crippen molar-refractivity contribution in [3.05, 3.63) is 101 Å². The van der Waals surface area contributed by atoms with Crippen LogP contribution in [0.3, 0.4) is 0 Å². The van der Waals surface area contributed by atoms with Crippen LogP contribution in [0.15, 0.2) is 83.2 Å². The zero-order valence-corrected chi connectivity index (χ0v) is 13.8. The van der Waals surface area contributed by atoms with Crippen molar-refractivity contribution < 1.29 is 18.7 Å². The molecule has 1 atom stereocenters. The van der Waals surface area contributed by atoms with Crippen molar-refractivity contribution in [2.45, 2.75) is 12.6 Å². The Kier molecular flexibility index (Phi) is 4.05. The Labute approximate surface area is 149 Å². The van der Waals surface area contributed by atoms with E-state index in [0.717, 1.165) is 5.56 Å². The van der Waals surface area contributed by atoms with Crippen molar-refractivity contribution in [2.24, 2.45) is 0 Å². The number of carbonyl (C=O) groups is 1. The van der Waals surface area contributed by atoms with Crippen LogP contribution in [-0.4, -0.2) is 15.9 Å². The maximum atomic E-state index is 13.4. The monoisotopic (exact) mass is 349 g/mol. The SMILES string of the molecule is O=C1C(O)=C(c2ccccc2)[C@H](c2ccc(F)cc2)N1Cc1ccco1. The quantitative estimate of drug-likeness (QED) is 0.756. The minimum absolute atomic E-state index is 0.203. The normalized spacial score (nSPS) is 17.2. The number of aliphatic hydroxyl groups excluding tert-OH is 1. The van der Waals surface area contributed by atoms with Crippen LogP contribution in [0.2, 0.25) is 0 Å². The fraction of sp³-hybridized carbons (Fsp3) is 0.0952. The van der Waals surface area contributed by atoms with E-state index in [1.54, 1.807) is 24.3 Å². The summed E-state index contributed by atoms with van der Waals surface area (Å²) in [6.45, 7) is 0.203. The van der Waals surface area contributed by atoms with Crippen molar-refractivity contribution in [3.8, 4) is 0 Å². The van der Waals surface area contributed by atoms with Gasteiger partial charge in [0, 0.05) is 5.57 Å². The lowest BCUT2D eigenvalue weighted by atomic mass is 9.93. The van der Waals surface area contributed by atoms with Crippen LogP contribution >= 0.6 is 0 Å². The summed E-state index contributed by atoms with van der Waals surface area (Å²) in [4.78, 5) is 14.3. The number of nitrogens with zero attached hydrogens (tertiary/aromatic N) is 1. The van der Waals surface area contributed by atoms with Crippen molar-refractivity contribution in [1.29, 1.82) is 0 Å². The minimum atomic E-state index is -0.532. The zero-order chi connectivity index (χ0) is 18.1. The maximum Gasteiger partial charge on any atom is 0.290 e. The minimum Gasteiger partial charge on any atom is -0.503 e. The molecular formula is C21H16FNO3. The third kappa shape index (κ3) is 2.77. The third-order valence-corrected chi connectivity index (χ3v) is 4.48. The first-order valence-electron chi connectivity index (χ1n) is 8.22. The molecule has 0 saturated heterocycles. The predicted molar refractivity (Wildman–Crippen MR) is 94.4 cm³/mol. The molecule has 4 rings (SSSR count). The molecule has 0 aliphatic carbocycles. The lowest BCUT2D eigenvalue weighted by molar-refractivity contribution is -0.130. The largest absolute Gasteiger partial charge is 0.503 e. The first kappa shape index (κ1) is 16.1. The number of aliphatic hydroxyl groups is 1. The van der Waals surface area contributed by atoms with Gasteiger partial charge in [0.25, 0.3) is 5.91 Å². The van der Waals surface area contributed by atoms with E-state index in [9.17, 15) is 14.3 Å². The van der Waals surface area contributed by atoms with Crippen LogP contribution < -0.4 is 0 Å². The highest BCUT2D eigenvalue weighted by Gasteiger charge is 2.41. The number of hydrogen-bond donors (Lipinski definition) is 1. The van der Waals surface area contributed by atoms with E-state index in [2.05, 4.69) is 0 Å². The molecule has 5 heteroatoms. The van der Waals surface area contributed by atoms with Gasteiger partial charge in [-0.25, -0.2) is 4.39 Å². The van der Waals surface area contributed by atoms with E-state index in [0.29, 0.717) is 16.9 Å². The highest BCUT2D eigenvalue weighted by molar-refractivity contribution is 6.05. The topological polar surface area (TPSA) is 53.7 Å². The molecule has 1 amide bonds. The molecule has 2 heterocycles. The highest BCUT2D eigenvalue weighted by Crippen LogP contribution is 2.43. The highest BCUT2D eigenvalue weighted by atomic mass is 19.1. The van der Waals surface area contributed by atoms with Gasteiger partial charge in [-0.05, 0) is 35.4 Å². The number of hydrogen-bond acceptors (Lipinski definition) is 3. The van der Waals surface area contributed by atoms with Crippen LogP contribution in [0.5, 0.6) is 0 Å². The average molecular weight is 349 g/mol. The van der Waals surface area contributed by atoms with Crippen molar-refractivity contribution in [3.63, 3.8) is 0 Å². The molecule has 0 saturated carbocycles. The predicted octanol–water partition coefficient (Wildman–Crippen LogP) is 4.47. The summed E-state index contributed by atoms with van der Waals surface area (Å²) < 4.78 is 18.8. The second-order valence-electron chi connectivity index (χ2n) is 6.09. The van der Waals surface area contributed by atoms with Gasteiger partial charge >= 0.3 is 0 Å². The first-order valence-corrected chi connectivity index (χ1v) is 8.22. The molecule has 1 aliphatic heterocycles. The number of benzene rings is 2. The van der Waals surface area contributed by atoms with E-state index in [-0.39, 0.29) is 18.1 Å². The van der Waals surface area contributed by atoms with Gasteiger partial charge in [0.15, 0.2) is 5.76 Å². The average Bonchev–Trinajstić information content (AvgIpc) is 3.26. The molecule has 0 radical (unpaired) electrons. The van der Waals surface area contributed by atoms with Crippen molar-refractivity contribution in [1.82, 2.24) is 4.90 Å². The molecule has 0 fully saturated rings. The Morgan fingerprint density at radius 3 is 2.38 bits per heavy atom. The van der Waals surface area contributed by atoms with Gasteiger partial charge in [0.1, 0.15) is 11.6 Å². The summed E-state index contributed by atoms with van der Waals surface area (Å²) in [6, 6.07) is 18.2. The molecule has 0 bridgehead atoms. The summed E-state index contributed by atoms with van der Waals surface area (Å²) in [6.07, 6.45) is 1.54. The van der Waals surface area contributed by atoms with Crippen LogP contribution in [0.25, 0.3) is 5.57 Å².